The summed E-state index contributed by atoms with van der Waals surface area (Å²) >= 11 is 0. The van der Waals surface area contributed by atoms with Crippen molar-refractivity contribution in [1.29, 1.82) is 0 Å². The van der Waals surface area contributed by atoms with Gasteiger partial charge in [0.2, 0.25) is 5.91 Å². The maximum Gasteiger partial charge on any atom is 0.309 e. The molecule has 0 unspecified atom stereocenters. The minimum atomic E-state index is -0.958. The molecule has 8 heteroatoms. The van der Waals surface area contributed by atoms with Crippen molar-refractivity contribution in [3.8, 4) is 0 Å². The molecule has 3 heterocycles. The maximum atomic E-state index is 12.7. The van der Waals surface area contributed by atoms with Gasteiger partial charge in [-0.15, -0.1) is 0 Å². The normalized spacial score (nSPS) is 25.8. The van der Waals surface area contributed by atoms with Gasteiger partial charge in [0.1, 0.15) is 5.76 Å². The van der Waals surface area contributed by atoms with Gasteiger partial charge in [0.25, 0.3) is 5.91 Å². The number of amides is 2. The summed E-state index contributed by atoms with van der Waals surface area (Å²) in [4.78, 5) is 41.6. The van der Waals surface area contributed by atoms with Crippen molar-refractivity contribution in [2.75, 3.05) is 13.1 Å². The monoisotopic (exact) mass is 333 g/mol. The first-order valence-electron chi connectivity index (χ1n) is 8.27. The predicted octanol–water partition coefficient (Wildman–Crippen LogP) is 0.747. The second-order valence-corrected chi connectivity index (χ2v) is 6.93. The number of carbonyl (C=O) groups is 3. The Hall–Kier alpha value is -2.38. The molecule has 0 radical (unpaired) electrons. The topological polar surface area (TPSA) is 113 Å². The minimum Gasteiger partial charge on any atom is -0.481 e. The van der Waals surface area contributed by atoms with E-state index in [2.05, 4.69) is 10.3 Å². The quantitative estimate of drug-likeness (QED) is 0.844. The van der Waals surface area contributed by atoms with Crippen molar-refractivity contribution in [2.24, 2.45) is 5.92 Å². The van der Waals surface area contributed by atoms with Gasteiger partial charge in [-0.3, -0.25) is 14.4 Å². The Labute approximate surface area is 138 Å². The van der Waals surface area contributed by atoms with E-state index >= 15 is 0 Å². The van der Waals surface area contributed by atoms with Gasteiger partial charge in [-0.1, -0.05) is 0 Å². The molecule has 3 aliphatic rings. The van der Waals surface area contributed by atoms with Crippen LogP contribution < -0.4 is 5.32 Å². The first kappa shape index (κ1) is 15.2. The average Bonchev–Trinajstić information content (AvgIpc) is 3.19. The van der Waals surface area contributed by atoms with Crippen LogP contribution in [0.1, 0.15) is 54.3 Å². The first-order chi connectivity index (χ1) is 11.5. The fourth-order valence-corrected chi connectivity index (χ4v) is 3.90. The number of hydrogen-bond donors (Lipinski definition) is 2. The van der Waals surface area contributed by atoms with Crippen molar-refractivity contribution in [3.05, 3.63) is 17.8 Å². The maximum absolute atomic E-state index is 12.7. The molecule has 2 N–H and O–H groups in total. The Morgan fingerprint density at radius 3 is 2.67 bits per heavy atom. The summed E-state index contributed by atoms with van der Waals surface area (Å²) in [5.74, 6) is -1.12. The van der Waals surface area contributed by atoms with Gasteiger partial charge >= 0.3 is 5.97 Å². The van der Waals surface area contributed by atoms with Gasteiger partial charge in [-0.25, -0.2) is 4.98 Å². The van der Waals surface area contributed by atoms with Gasteiger partial charge in [0.15, 0.2) is 12.1 Å². The third-order valence-electron chi connectivity index (χ3n) is 5.43. The van der Waals surface area contributed by atoms with Crippen LogP contribution in [0.25, 0.3) is 0 Å². The highest BCUT2D eigenvalue weighted by Crippen LogP contribution is 2.42. The first-order valence-corrected chi connectivity index (χ1v) is 8.27. The number of carboxylic acid groups (broad SMARTS) is 1. The molecule has 1 aliphatic carbocycles. The third kappa shape index (κ3) is 2.37. The van der Waals surface area contributed by atoms with E-state index in [0.29, 0.717) is 43.3 Å². The average molecular weight is 333 g/mol. The molecule has 8 nitrogen and oxygen atoms in total. The highest BCUT2D eigenvalue weighted by atomic mass is 16.4. The van der Waals surface area contributed by atoms with E-state index in [1.807, 2.05) is 0 Å². The molecule has 4 rings (SSSR count). The smallest absolute Gasteiger partial charge is 0.309 e. The van der Waals surface area contributed by atoms with Gasteiger partial charge in [-0.05, 0) is 25.7 Å². The van der Waals surface area contributed by atoms with E-state index in [0.717, 1.165) is 12.8 Å². The molecule has 3 fully saturated rings. The zero-order valence-corrected chi connectivity index (χ0v) is 13.2. The van der Waals surface area contributed by atoms with Crippen LogP contribution in [0.15, 0.2) is 10.8 Å². The van der Waals surface area contributed by atoms with Crippen molar-refractivity contribution in [2.45, 2.75) is 43.6 Å². The number of aromatic nitrogens is 1. The second-order valence-electron chi connectivity index (χ2n) is 6.93. The number of hydrogen-bond acceptors (Lipinski definition) is 5. The number of oxazole rings is 1. The molecule has 1 aromatic heterocycles. The van der Waals surface area contributed by atoms with E-state index in [1.54, 1.807) is 4.90 Å². The summed E-state index contributed by atoms with van der Waals surface area (Å²) in [6, 6.07) is 0. The number of piperidine rings is 1. The van der Waals surface area contributed by atoms with E-state index < -0.39 is 17.4 Å². The van der Waals surface area contributed by atoms with Crippen LogP contribution in [0, 0.1) is 5.92 Å². The standard InChI is InChI=1S/C16H19N3O5/c20-11-7-10(15(22)23)16(18-11)3-5-19(6-4-16)14(21)12-13(9-1-2-9)24-8-17-12/h8-10H,1-7H2,(H,18,20)(H,22,23)/t10-/m1/s1. The number of likely N-dealkylation sites (tertiary alicyclic amines) is 1. The molecule has 128 valence electrons. The fourth-order valence-electron chi connectivity index (χ4n) is 3.90. The lowest BCUT2D eigenvalue weighted by molar-refractivity contribution is -0.144. The summed E-state index contributed by atoms with van der Waals surface area (Å²) in [5.41, 5.74) is -0.360. The number of aliphatic carboxylic acids is 1. The Bertz CT molecular complexity index is 700. The summed E-state index contributed by atoms with van der Waals surface area (Å²) in [6.45, 7) is 0.805. The van der Waals surface area contributed by atoms with Crippen molar-refractivity contribution in [1.82, 2.24) is 15.2 Å². The lowest BCUT2D eigenvalue weighted by Crippen LogP contribution is -2.56. The summed E-state index contributed by atoms with van der Waals surface area (Å²) in [7, 11) is 0. The van der Waals surface area contributed by atoms with E-state index in [1.165, 1.54) is 6.39 Å². The molecule has 2 aliphatic heterocycles. The number of rotatable bonds is 3. The van der Waals surface area contributed by atoms with Gasteiger partial charge in [0.05, 0.1) is 11.5 Å². The Morgan fingerprint density at radius 2 is 2.04 bits per heavy atom. The van der Waals surface area contributed by atoms with E-state index in [4.69, 9.17) is 4.42 Å². The molecule has 0 aromatic carbocycles. The zero-order chi connectivity index (χ0) is 16.9. The number of carbonyl (C=O) groups excluding carboxylic acids is 2. The summed E-state index contributed by atoms with van der Waals surface area (Å²) in [5, 5.41) is 12.2. The molecule has 2 saturated heterocycles. The van der Waals surface area contributed by atoms with Gasteiger partial charge < -0.3 is 19.7 Å². The SMILES string of the molecule is O=C1C[C@H](C(=O)O)C2(CCN(C(=O)c3ncoc3C3CC3)CC2)N1. The van der Waals surface area contributed by atoms with Crippen LogP contribution >= 0.6 is 0 Å². The number of carboxylic acids is 1. The molecular weight excluding hydrogens is 314 g/mol. The van der Waals surface area contributed by atoms with Crippen LogP contribution in [0.5, 0.6) is 0 Å². The van der Waals surface area contributed by atoms with Crippen LogP contribution in [-0.2, 0) is 9.59 Å². The second kappa shape index (κ2) is 5.32. The highest BCUT2D eigenvalue weighted by molar-refractivity contribution is 5.94. The van der Waals surface area contributed by atoms with Gasteiger partial charge in [0, 0.05) is 25.4 Å². The minimum absolute atomic E-state index is 0.0123. The van der Waals surface area contributed by atoms with Crippen molar-refractivity contribution in [3.63, 3.8) is 0 Å². The molecule has 1 spiro atoms. The van der Waals surface area contributed by atoms with Crippen LogP contribution in [0.4, 0.5) is 0 Å². The number of nitrogens with zero attached hydrogens (tertiary/aromatic N) is 2. The third-order valence-corrected chi connectivity index (χ3v) is 5.43. The molecule has 0 bridgehead atoms. The summed E-state index contributed by atoms with van der Waals surface area (Å²) in [6.07, 6.45) is 4.24. The Balaban J connectivity index is 1.48. The molecule has 2 amide bonds. The largest absolute Gasteiger partial charge is 0.481 e. The van der Waals surface area contributed by atoms with Crippen LogP contribution in [0.2, 0.25) is 0 Å². The Morgan fingerprint density at radius 1 is 1.33 bits per heavy atom. The lowest BCUT2D eigenvalue weighted by atomic mass is 9.77. The van der Waals surface area contributed by atoms with Gasteiger partial charge in [-0.2, -0.15) is 0 Å². The summed E-state index contributed by atoms with van der Waals surface area (Å²) < 4.78 is 5.36. The van der Waals surface area contributed by atoms with E-state index in [9.17, 15) is 19.5 Å². The van der Waals surface area contributed by atoms with Crippen LogP contribution in [-0.4, -0.2) is 51.4 Å². The van der Waals surface area contributed by atoms with Crippen molar-refractivity contribution < 1.29 is 23.9 Å². The predicted molar refractivity (Wildman–Crippen MR) is 80.2 cm³/mol. The highest BCUT2D eigenvalue weighted by Gasteiger charge is 2.52. The molecular formula is C16H19N3O5. The molecule has 24 heavy (non-hydrogen) atoms. The fraction of sp³-hybridized carbons (Fsp3) is 0.625. The molecule has 1 aromatic rings. The molecule has 1 saturated carbocycles. The Kier molecular flexibility index (Phi) is 3.36. The lowest BCUT2D eigenvalue weighted by Gasteiger charge is -2.41. The molecule has 1 atom stereocenters. The van der Waals surface area contributed by atoms with Crippen molar-refractivity contribution >= 4 is 17.8 Å². The number of nitrogens with one attached hydrogen (secondary N) is 1. The zero-order valence-electron chi connectivity index (χ0n) is 13.2. The van der Waals surface area contributed by atoms with E-state index in [-0.39, 0.29) is 18.2 Å². The van der Waals surface area contributed by atoms with Crippen LogP contribution in [0.3, 0.4) is 0 Å².